The van der Waals surface area contributed by atoms with Crippen molar-refractivity contribution in [2.24, 2.45) is 0 Å². The van der Waals surface area contributed by atoms with E-state index in [-0.39, 0.29) is 13.0 Å². The van der Waals surface area contributed by atoms with Crippen molar-refractivity contribution in [3.8, 4) is 11.1 Å². The maximum atomic E-state index is 12.1. The number of nitrogens with zero attached hydrogens (tertiary/aromatic N) is 1. The SMILES string of the molecule is CC1(C(=O)O)CC(SC[Si](C)(C)C)(c2ccc(-c3ccccc3)cc2)CN1C(=O)O. The van der Waals surface area contributed by atoms with Gasteiger partial charge in [0, 0.05) is 13.0 Å². The number of carboxylic acids is 1. The molecule has 0 bridgehead atoms. The molecule has 2 unspecified atom stereocenters. The van der Waals surface area contributed by atoms with Crippen molar-refractivity contribution in [3.05, 3.63) is 60.2 Å². The van der Waals surface area contributed by atoms with Gasteiger partial charge in [0.2, 0.25) is 0 Å². The first-order valence-corrected chi connectivity index (χ1v) is 14.7. The minimum absolute atomic E-state index is 0.172. The van der Waals surface area contributed by atoms with Crippen molar-refractivity contribution in [2.45, 2.75) is 43.3 Å². The second kappa shape index (κ2) is 8.11. The highest BCUT2D eigenvalue weighted by atomic mass is 32.2. The molecule has 1 aliphatic rings. The first kappa shape index (κ1) is 22.4. The summed E-state index contributed by atoms with van der Waals surface area (Å²) in [4.78, 5) is 25.1. The van der Waals surface area contributed by atoms with Gasteiger partial charge in [0.15, 0.2) is 0 Å². The molecule has 2 atom stereocenters. The molecule has 1 aliphatic heterocycles. The van der Waals surface area contributed by atoms with E-state index in [1.54, 1.807) is 11.8 Å². The number of benzene rings is 2. The van der Waals surface area contributed by atoms with Gasteiger partial charge < -0.3 is 10.2 Å². The normalized spacial score (nSPS) is 24.1. The Bertz CT molecular complexity index is 928. The van der Waals surface area contributed by atoms with Crippen LogP contribution in [0.4, 0.5) is 4.79 Å². The van der Waals surface area contributed by atoms with Gasteiger partial charge in [-0.3, -0.25) is 4.90 Å². The highest BCUT2D eigenvalue weighted by molar-refractivity contribution is 8.01. The zero-order chi connectivity index (χ0) is 22.2. The fourth-order valence-corrected chi connectivity index (χ4v) is 7.68. The van der Waals surface area contributed by atoms with Crippen LogP contribution in [0.25, 0.3) is 11.1 Å². The van der Waals surface area contributed by atoms with Gasteiger partial charge in [-0.2, -0.15) is 11.8 Å². The minimum atomic E-state index is -1.45. The lowest BCUT2D eigenvalue weighted by atomic mass is 9.88. The van der Waals surface area contributed by atoms with Gasteiger partial charge in [0.25, 0.3) is 0 Å². The first-order chi connectivity index (χ1) is 14.0. The summed E-state index contributed by atoms with van der Waals surface area (Å²) in [5, 5.41) is 20.6. The predicted octanol–water partition coefficient (Wildman–Crippen LogP) is 5.39. The summed E-state index contributed by atoms with van der Waals surface area (Å²) in [6.07, 6.45) is -0.933. The average molecular weight is 444 g/mol. The van der Waals surface area contributed by atoms with Crippen molar-refractivity contribution in [2.75, 3.05) is 11.9 Å². The van der Waals surface area contributed by atoms with E-state index in [1.165, 1.54) is 6.92 Å². The van der Waals surface area contributed by atoms with E-state index in [2.05, 4.69) is 19.6 Å². The number of amides is 1. The van der Waals surface area contributed by atoms with Gasteiger partial charge in [-0.05, 0) is 29.0 Å². The van der Waals surface area contributed by atoms with Crippen molar-refractivity contribution in [3.63, 3.8) is 0 Å². The third kappa shape index (κ3) is 4.42. The summed E-state index contributed by atoms with van der Waals surface area (Å²) >= 11 is 1.73. The van der Waals surface area contributed by atoms with Crippen LogP contribution in [-0.4, -0.2) is 52.7 Å². The lowest BCUT2D eigenvalue weighted by Crippen LogP contribution is -2.50. The quantitative estimate of drug-likeness (QED) is 0.586. The van der Waals surface area contributed by atoms with Gasteiger partial charge in [-0.25, -0.2) is 9.59 Å². The average Bonchev–Trinajstić information content (AvgIpc) is 3.02. The number of rotatable bonds is 6. The molecule has 0 saturated carbocycles. The van der Waals surface area contributed by atoms with Crippen molar-refractivity contribution in [1.82, 2.24) is 4.90 Å². The van der Waals surface area contributed by atoms with Crippen molar-refractivity contribution >= 4 is 31.9 Å². The molecule has 0 aromatic heterocycles. The largest absolute Gasteiger partial charge is 0.480 e. The van der Waals surface area contributed by atoms with Gasteiger partial charge in [-0.15, -0.1) is 0 Å². The molecule has 2 N–H and O–H groups in total. The van der Waals surface area contributed by atoms with Crippen LogP contribution in [0.2, 0.25) is 19.6 Å². The standard InChI is InChI=1S/C23H29NO4SSi/c1-22(20(25)26)14-23(15-24(22)21(27)28,29-16-30(2,3)4)19-12-10-18(11-13-19)17-8-6-5-7-9-17/h5-13H,14-16H2,1-4H3,(H,25,26)(H,27,28). The Morgan fingerprint density at radius 2 is 1.57 bits per heavy atom. The van der Waals surface area contributed by atoms with Crippen LogP contribution in [0, 0.1) is 0 Å². The third-order valence-corrected chi connectivity index (χ3v) is 10.7. The molecule has 0 aliphatic carbocycles. The number of carboxylic acid groups (broad SMARTS) is 2. The van der Waals surface area contributed by atoms with Crippen LogP contribution in [0.15, 0.2) is 54.6 Å². The number of hydrogen-bond acceptors (Lipinski definition) is 3. The van der Waals surface area contributed by atoms with Gasteiger partial charge in [0.05, 0.1) is 12.8 Å². The molecule has 0 spiro atoms. The zero-order valence-corrected chi connectivity index (χ0v) is 19.7. The van der Waals surface area contributed by atoms with Crippen LogP contribution in [0.1, 0.15) is 18.9 Å². The van der Waals surface area contributed by atoms with Gasteiger partial charge >= 0.3 is 12.1 Å². The first-order valence-electron chi connectivity index (χ1n) is 10.0. The molecule has 1 saturated heterocycles. The molecular formula is C23H29NO4SSi. The summed E-state index contributed by atoms with van der Waals surface area (Å²) < 4.78 is -0.582. The molecule has 7 heteroatoms. The second-order valence-electron chi connectivity index (χ2n) is 9.41. The smallest absolute Gasteiger partial charge is 0.408 e. The Morgan fingerprint density at radius 1 is 1.00 bits per heavy atom. The molecule has 30 heavy (non-hydrogen) atoms. The maximum absolute atomic E-state index is 12.1. The molecule has 0 radical (unpaired) electrons. The number of carbonyl (C=O) groups is 2. The number of thioether (sulfide) groups is 1. The fraction of sp³-hybridized carbons (Fsp3) is 0.391. The summed E-state index contributed by atoms with van der Waals surface area (Å²) in [6, 6.07) is 18.2. The van der Waals surface area contributed by atoms with Gasteiger partial charge in [0.1, 0.15) is 5.54 Å². The molecule has 2 aromatic rings. The molecule has 2 aromatic carbocycles. The highest BCUT2D eigenvalue weighted by Gasteiger charge is 2.58. The van der Waals surface area contributed by atoms with Crippen LogP contribution in [0.3, 0.4) is 0 Å². The Morgan fingerprint density at radius 3 is 2.03 bits per heavy atom. The molecule has 3 rings (SSSR count). The number of hydrogen-bond donors (Lipinski definition) is 2. The predicted molar refractivity (Wildman–Crippen MR) is 125 cm³/mol. The van der Waals surface area contributed by atoms with E-state index in [0.717, 1.165) is 27.0 Å². The Kier molecular flexibility index (Phi) is 6.07. The Labute approximate surface area is 183 Å². The molecule has 1 fully saturated rings. The maximum Gasteiger partial charge on any atom is 0.408 e. The number of likely N-dealkylation sites (tertiary alicyclic amines) is 1. The third-order valence-electron chi connectivity index (χ3n) is 5.63. The summed E-state index contributed by atoms with van der Waals surface area (Å²) in [6.45, 7) is 8.51. The molecule has 5 nitrogen and oxygen atoms in total. The monoisotopic (exact) mass is 443 g/mol. The number of aliphatic carboxylic acids is 1. The summed E-state index contributed by atoms with van der Waals surface area (Å²) in [5.74, 6) is -1.10. The zero-order valence-electron chi connectivity index (χ0n) is 17.9. The van der Waals surface area contributed by atoms with E-state index in [4.69, 9.17) is 0 Å². The summed E-state index contributed by atoms with van der Waals surface area (Å²) in [7, 11) is -1.44. The van der Waals surface area contributed by atoms with Crippen molar-refractivity contribution < 1.29 is 19.8 Å². The highest BCUT2D eigenvalue weighted by Crippen LogP contribution is 2.52. The second-order valence-corrected chi connectivity index (χ2v) is 16.8. The van der Waals surface area contributed by atoms with Crippen LogP contribution >= 0.6 is 11.8 Å². The Hall–Kier alpha value is -2.25. The molecule has 1 heterocycles. The van der Waals surface area contributed by atoms with E-state index >= 15 is 0 Å². The van der Waals surface area contributed by atoms with Gasteiger partial charge in [-0.1, -0.05) is 74.2 Å². The molecule has 160 valence electrons. The van der Waals surface area contributed by atoms with E-state index in [1.807, 2.05) is 54.6 Å². The Balaban J connectivity index is 2.03. The van der Waals surface area contributed by atoms with Crippen LogP contribution in [-0.2, 0) is 9.54 Å². The lowest BCUT2D eigenvalue weighted by Gasteiger charge is -2.32. The lowest BCUT2D eigenvalue weighted by molar-refractivity contribution is -0.147. The van der Waals surface area contributed by atoms with Crippen LogP contribution in [0.5, 0.6) is 0 Å². The summed E-state index contributed by atoms with van der Waals surface area (Å²) in [5.41, 5.74) is 1.73. The van der Waals surface area contributed by atoms with Crippen LogP contribution < -0.4 is 0 Å². The van der Waals surface area contributed by atoms with E-state index in [0.29, 0.717) is 0 Å². The molecule has 1 amide bonds. The van der Waals surface area contributed by atoms with Crippen molar-refractivity contribution in [1.29, 1.82) is 0 Å². The minimum Gasteiger partial charge on any atom is -0.480 e. The van der Waals surface area contributed by atoms with E-state index < -0.39 is 30.4 Å². The fourth-order valence-electron chi connectivity index (χ4n) is 3.93. The topological polar surface area (TPSA) is 77.8 Å². The van der Waals surface area contributed by atoms with E-state index in [9.17, 15) is 19.8 Å². The molecular weight excluding hydrogens is 414 g/mol.